The topological polar surface area (TPSA) is 33.1 Å². The average Bonchev–Trinajstić information content (AvgIpc) is 2.06. The van der Waals surface area contributed by atoms with Crippen LogP contribution in [0.5, 0.6) is 0 Å². The Kier molecular flexibility index (Phi) is 2.81. The Bertz CT molecular complexity index is 245. The van der Waals surface area contributed by atoms with Gasteiger partial charge in [-0.1, -0.05) is 6.58 Å². The molecule has 58 valence electrons. The van der Waals surface area contributed by atoms with E-state index >= 15 is 0 Å². The van der Waals surface area contributed by atoms with Crippen LogP contribution in [0.1, 0.15) is 11.3 Å². The second kappa shape index (κ2) is 3.88. The second-order valence-corrected chi connectivity index (χ2v) is 2.27. The minimum Gasteiger partial charge on any atom is -0.396 e. The van der Waals surface area contributed by atoms with Gasteiger partial charge in [0.25, 0.3) is 0 Å². The molecule has 0 fully saturated rings. The Morgan fingerprint density at radius 1 is 1.64 bits per heavy atom. The van der Waals surface area contributed by atoms with Crippen molar-refractivity contribution >= 4 is 6.08 Å². The summed E-state index contributed by atoms with van der Waals surface area (Å²) in [5.41, 5.74) is 1.95. The van der Waals surface area contributed by atoms with Crippen molar-refractivity contribution in [3.63, 3.8) is 0 Å². The largest absolute Gasteiger partial charge is 0.396 e. The first-order valence-electron chi connectivity index (χ1n) is 3.55. The minimum absolute atomic E-state index is 0.181. The molecule has 2 nitrogen and oxygen atoms in total. The lowest BCUT2D eigenvalue weighted by molar-refractivity contribution is 0.299. The Balaban J connectivity index is 2.82. The lowest BCUT2D eigenvalue weighted by Gasteiger charge is -1.97. The van der Waals surface area contributed by atoms with Crippen molar-refractivity contribution in [3.05, 3.63) is 36.2 Å². The molecule has 2 heteroatoms. The summed E-state index contributed by atoms with van der Waals surface area (Å²) in [5.74, 6) is 0. The number of rotatable bonds is 3. The predicted molar refractivity (Wildman–Crippen MR) is 45.1 cm³/mol. The van der Waals surface area contributed by atoms with E-state index in [0.717, 1.165) is 11.3 Å². The van der Waals surface area contributed by atoms with E-state index in [1.165, 1.54) is 0 Å². The molecule has 0 atom stereocenters. The zero-order chi connectivity index (χ0) is 8.10. The van der Waals surface area contributed by atoms with Gasteiger partial charge in [0, 0.05) is 12.8 Å². The first-order valence-corrected chi connectivity index (χ1v) is 3.55. The summed E-state index contributed by atoms with van der Waals surface area (Å²) >= 11 is 0. The number of hydrogen-bond donors (Lipinski definition) is 1. The molecule has 0 aromatic carbocycles. The van der Waals surface area contributed by atoms with Crippen LogP contribution in [0, 0.1) is 0 Å². The summed E-state index contributed by atoms with van der Waals surface area (Å²) in [7, 11) is 0. The van der Waals surface area contributed by atoms with Crippen LogP contribution in [0.4, 0.5) is 0 Å². The van der Waals surface area contributed by atoms with Crippen LogP contribution in [0.15, 0.2) is 24.9 Å². The number of hydrogen-bond acceptors (Lipinski definition) is 2. The highest BCUT2D eigenvalue weighted by Crippen LogP contribution is 2.02. The molecule has 1 rings (SSSR count). The third-order valence-electron chi connectivity index (χ3n) is 1.46. The van der Waals surface area contributed by atoms with Gasteiger partial charge in [-0.3, -0.25) is 4.98 Å². The summed E-state index contributed by atoms with van der Waals surface area (Å²) in [6.07, 6.45) is 4.10. The molecule has 0 aliphatic rings. The fraction of sp³-hybridized carbons (Fsp3) is 0.222. The van der Waals surface area contributed by atoms with Gasteiger partial charge in [0.2, 0.25) is 0 Å². The van der Waals surface area contributed by atoms with E-state index < -0.39 is 0 Å². The summed E-state index contributed by atoms with van der Waals surface area (Å²) in [5, 5.41) is 8.64. The van der Waals surface area contributed by atoms with Gasteiger partial charge in [-0.2, -0.15) is 0 Å². The van der Waals surface area contributed by atoms with Gasteiger partial charge in [-0.25, -0.2) is 0 Å². The smallest absolute Gasteiger partial charge is 0.0626 e. The standard InChI is InChI=1S/C9H11NO/c1-2-9-7-8(4-6-11)3-5-10-9/h2-3,5,7,11H,1,4,6H2. The van der Waals surface area contributed by atoms with E-state index in [9.17, 15) is 0 Å². The first kappa shape index (κ1) is 7.95. The Labute approximate surface area is 66.2 Å². The van der Waals surface area contributed by atoms with Crippen molar-refractivity contribution in [2.75, 3.05) is 6.61 Å². The van der Waals surface area contributed by atoms with E-state index in [1.807, 2.05) is 12.1 Å². The van der Waals surface area contributed by atoms with E-state index in [2.05, 4.69) is 11.6 Å². The fourth-order valence-electron chi connectivity index (χ4n) is 0.891. The maximum Gasteiger partial charge on any atom is 0.0626 e. The van der Waals surface area contributed by atoms with Gasteiger partial charge in [0.05, 0.1) is 5.69 Å². The maximum atomic E-state index is 8.64. The van der Waals surface area contributed by atoms with Gasteiger partial charge in [-0.15, -0.1) is 0 Å². The minimum atomic E-state index is 0.181. The normalized spacial score (nSPS) is 9.55. The third-order valence-corrected chi connectivity index (χ3v) is 1.46. The number of pyridine rings is 1. The van der Waals surface area contributed by atoms with Crippen molar-refractivity contribution in [1.82, 2.24) is 4.98 Å². The van der Waals surface area contributed by atoms with Crippen molar-refractivity contribution < 1.29 is 5.11 Å². The molecule has 1 heterocycles. The fourth-order valence-corrected chi connectivity index (χ4v) is 0.891. The molecule has 0 radical (unpaired) electrons. The molecule has 11 heavy (non-hydrogen) atoms. The molecule has 0 saturated heterocycles. The molecule has 0 saturated carbocycles. The summed E-state index contributed by atoms with van der Waals surface area (Å²) in [6.45, 7) is 3.79. The van der Waals surface area contributed by atoms with Crippen molar-refractivity contribution in [2.24, 2.45) is 0 Å². The highest BCUT2D eigenvalue weighted by molar-refractivity contribution is 5.42. The molecular weight excluding hydrogens is 138 g/mol. The van der Waals surface area contributed by atoms with Gasteiger partial charge < -0.3 is 5.11 Å². The number of aliphatic hydroxyl groups excluding tert-OH is 1. The van der Waals surface area contributed by atoms with Crippen LogP contribution >= 0.6 is 0 Å². The summed E-state index contributed by atoms with van der Waals surface area (Å²) in [4.78, 5) is 4.04. The van der Waals surface area contributed by atoms with Gasteiger partial charge >= 0.3 is 0 Å². The molecule has 1 aromatic rings. The number of nitrogens with zero attached hydrogens (tertiary/aromatic N) is 1. The zero-order valence-corrected chi connectivity index (χ0v) is 6.33. The predicted octanol–water partition coefficient (Wildman–Crippen LogP) is 1.26. The SMILES string of the molecule is C=Cc1cc(CCO)ccn1. The molecule has 0 spiro atoms. The number of aliphatic hydroxyl groups is 1. The van der Waals surface area contributed by atoms with Gasteiger partial charge in [-0.05, 0) is 30.2 Å². The van der Waals surface area contributed by atoms with E-state index in [-0.39, 0.29) is 6.61 Å². The summed E-state index contributed by atoms with van der Waals surface area (Å²) < 4.78 is 0. The highest BCUT2D eigenvalue weighted by atomic mass is 16.2. The molecule has 0 bridgehead atoms. The molecular formula is C9H11NO. The molecule has 0 unspecified atom stereocenters. The van der Waals surface area contributed by atoms with Gasteiger partial charge in [0.1, 0.15) is 0 Å². The van der Waals surface area contributed by atoms with Crippen LogP contribution < -0.4 is 0 Å². The van der Waals surface area contributed by atoms with Crippen LogP contribution in [-0.2, 0) is 6.42 Å². The molecule has 1 aromatic heterocycles. The van der Waals surface area contributed by atoms with Gasteiger partial charge in [0.15, 0.2) is 0 Å². The van der Waals surface area contributed by atoms with Crippen LogP contribution in [0.3, 0.4) is 0 Å². The Morgan fingerprint density at radius 2 is 2.45 bits per heavy atom. The van der Waals surface area contributed by atoms with Crippen molar-refractivity contribution in [2.45, 2.75) is 6.42 Å². The molecule has 1 N–H and O–H groups in total. The third kappa shape index (κ3) is 2.16. The maximum absolute atomic E-state index is 8.64. The average molecular weight is 149 g/mol. The van der Waals surface area contributed by atoms with Crippen molar-refractivity contribution in [3.8, 4) is 0 Å². The first-order chi connectivity index (χ1) is 5.36. The lowest BCUT2D eigenvalue weighted by atomic mass is 10.2. The summed E-state index contributed by atoms with van der Waals surface area (Å²) in [6, 6.07) is 3.81. The Hall–Kier alpha value is -1.15. The van der Waals surface area contributed by atoms with E-state index in [4.69, 9.17) is 5.11 Å². The lowest BCUT2D eigenvalue weighted by Crippen LogP contribution is -1.91. The van der Waals surface area contributed by atoms with Crippen LogP contribution in [-0.4, -0.2) is 16.7 Å². The van der Waals surface area contributed by atoms with Crippen LogP contribution in [0.2, 0.25) is 0 Å². The number of aromatic nitrogens is 1. The van der Waals surface area contributed by atoms with E-state index in [0.29, 0.717) is 6.42 Å². The zero-order valence-electron chi connectivity index (χ0n) is 6.33. The molecule has 0 aliphatic heterocycles. The van der Waals surface area contributed by atoms with Crippen LogP contribution in [0.25, 0.3) is 6.08 Å². The second-order valence-electron chi connectivity index (χ2n) is 2.27. The molecule has 0 amide bonds. The quantitative estimate of drug-likeness (QED) is 0.701. The molecule has 0 aliphatic carbocycles. The van der Waals surface area contributed by atoms with E-state index in [1.54, 1.807) is 12.3 Å². The van der Waals surface area contributed by atoms with Crippen molar-refractivity contribution in [1.29, 1.82) is 0 Å². The monoisotopic (exact) mass is 149 g/mol. The Morgan fingerprint density at radius 3 is 3.09 bits per heavy atom. The highest BCUT2D eigenvalue weighted by Gasteiger charge is 1.92.